The van der Waals surface area contributed by atoms with E-state index in [1.165, 1.54) is 29.5 Å². The van der Waals surface area contributed by atoms with Crippen LogP contribution in [0.3, 0.4) is 0 Å². The van der Waals surface area contributed by atoms with Crippen LogP contribution >= 0.6 is 15.9 Å². The third-order valence-electron chi connectivity index (χ3n) is 5.54. The molecule has 1 fully saturated rings. The number of benzene rings is 2. The molecule has 1 amide bonds. The molecule has 1 N–H and O–H groups in total. The molecule has 0 bridgehead atoms. The molecule has 4 rings (SSSR count). The van der Waals surface area contributed by atoms with E-state index in [0.717, 1.165) is 29.3 Å². The van der Waals surface area contributed by atoms with Crippen LogP contribution in [0.2, 0.25) is 0 Å². The van der Waals surface area contributed by atoms with Crippen molar-refractivity contribution in [1.29, 1.82) is 0 Å². The van der Waals surface area contributed by atoms with Crippen LogP contribution in [0.5, 0.6) is 0 Å². The first-order valence-electron chi connectivity index (χ1n) is 9.35. The molecule has 2 unspecified atom stereocenters. The molecule has 4 heteroatoms. The molecule has 26 heavy (non-hydrogen) atoms. The number of halogens is 1. The molecule has 0 spiro atoms. The molecule has 2 aliphatic rings. The summed E-state index contributed by atoms with van der Waals surface area (Å²) in [7, 11) is 1.77. The fraction of sp³-hybridized carbons (Fsp3) is 0.409. The Morgan fingerprint density at radius 3 is 2.58 bits per heavy atom. The van der Waals surface area contributed by atoms with Crippen molar-refractivity contribution in [1.82, 2.24) is 5.32 Å². The van der Waals surface area contributed by atoms with Gasteiger partial charge in [0.15, 0.2) is 0 Å². The van der Waals surface area contributed by atoms with Crippen molar-refractivity contribution in [2.24, 2.45) is 5.92 Å². The van der Waals surface area contributed by atoms with Gasteiger partial charge in [0.25, 0.3) is 5.91 Å². The molecule has 0 heterocycles. The number of hydrogen-bond donors (Lipinski definition) is 1. The number of amides is 1. The van der Waals surface area contributed by atoms with E-state index in [1.54, 1.807) is 7.11 Å². The maximum atomic E-state index is 12.6. The molecular formula is C22H24BrNO2. The quantitative estimate of drug-likeness (QED) is 0.761. The Labute approximate surface area is 163 Å². The van der Waals surface area contributed by atoms with E-state index < -0.39 is 0 Å². The highest BCUT2D eigenvalue weighted by Crippen LogP contribution is 2.42. The summed E-state index contributed by atoms with van der Waals surface area (Å²) in [5, 5.41) is 3.21. The number of methoxy groups -OCH3 is 1. The molecule has 136 valence electrons. The predicted octanol–water partition coefficient (Wildman–Crippen LogP) is 4.83. The fourth-order valence-corrected chi connectivity index (χ4v) is 4.35. The Morgan fingerprint density at radius 1 is 1.12 bits per heavy atom. The SMILES string of the molecule is COC(c1ccc(C(=O)NC2CCc3cc(Br)ccc3C2)cc1)C1CC1. The van der Waals surface area contributed by atoms with Gasteiger partial charge < -0.3 is 10.1 Å². The van der Waals surface area contributed by atoms with Crippen molar-refractivity contribution >= 4 is 21.8 Å². The van der Waals surface area contributed by atoms with E-state index in [4.69, 9.17) is 4.74 Å². The van der Waals surface area contributed by atoms with E-state index in [2.05, 4.69) is 39.4 Å². The lowest BCUT2D eigenvalue weighted by atomic mass is 9.88. The van der Waals surface area contributed by atoms with Crippen LogP contribution in [0.25, 0.3) is 0 Å². The summed E-state index contributed by atoms with van der Waals surface area (Å²) >= 11 is 3.53. The zero-order valence-corrected chi connectivity index (χ0v) is 16.6. The van der Waals surface area contributed by atoms with Gasteiger partial charge in [-0.3, -0.25) is 4.79 Å². The van der Waals surface area contributed by atoms with Crippen LogP contribution in [-0.2, 0) is 17.6 Å². The number of hydrogen-bond acceptors (Lipinski definition) is 2. The highest BCUT2D eigenvalue weighted by atomic mass is 79.9. The summed E-state index contributed by atoms with van der Waals surface area (Å²) in [4.78, 5) is 12.6. The number of aryl methyl sites for hydroxylation is 1. The summed E-state index contributed by atoms with van der Waals surface area (Å²) in [6.07, 6.45) is 5.54. The highest BCUT2D eigenvalue weighted by molar-refractivity contribution is 9.10. The Hall–Kier alpha value is -1.65. The van der Waals surface area contributed by atoms with Gasteiger partial charge in [-0.25, -0.2) is 0 Å². The Kier molecular flexibility index (Phi) is 5.14. The molecule has 0 saturated heterocycles. The second-order valence-corrected chi connectivity index (χ2v) is 8.36. The minimum atomic E-state index is 0.0162. The molecule has 0 radical (unpaired) electrons. The van der Waals surface area contributed by atoms with Gasteiger partial charge in [-0.15, -0.1) is 0 Å². The molecule has 2 atom stereocenters. The summed E-state index contributed by atoms with van der Waals surface area (Å²) in [5.74, 6) is 0.657. The van der Waals surface area contributed by atoms with Crippen LogP contribution in [0, 0.1) is 5.92 Å². The van der Waals surface area contributed by atoms with Gasteiger partial charge in [0.05, 0.1) is 6.10 Å². The second kappa shape index (κ2) is 7.53. The van der Waals surface area contributed by atoms with Crippen LogP contribution in [0.1, 0.15) is 52.4 Å². The highest BCUT2D eigenvalue weighted by Gasteiger charge is 2.32. The lowest BCUT2D eigenvalue weighted by Gasteiger charge is -2.26. The number of nitrogens with one attached hydrogen (secondary N) is 1. The minimum Gasteiger partial charge on any atom is -0.376 e. The van der Waals surface area contributed by atoms with Gasteiger partial charge >= 0.3 is 0 Å². The summed E-state index contributed by atoms with van der Waals surface area (Å²) < 4.78 is 6.74. The number of rotatable bonds is 5. The molecule has 2 aliphatic carbocycles. The van der Waals surface area contributed by atoms with Crippen LogP contribution < -0.4 is 5.32 Å². The van der Waals surface area contributed by atoms with Crippen molar-refractivity contribution < 1.29 is 9.53 Å². The van der Waals surface area contributed by atoms with E-state index in [-0.39, 0.29) is 18.1 Å². The summed E-state index contributed by atoms with van der Waals surface area (Å²) in [5.41, 5.74) is 4.62. The maximum Gasteiger partial charge on any atom is 0.251 e. The summed E-state index contributed by atoms with van der Waals surface area (Å²) in [6, 6.07) is 14.6. The Bertz CT molecular complexity index is 798. The van der Waals surface area contributed by atoms with Gasteiger partial charge in [0, 0.05) is 23.2 Å². The molecule has 2 aromatic rings. The van der Waals surface area contributed by atoms with Gasteiger partial charge in [-0.2, -0.15) is 0 Å². The van der Waals surface area contributed by atoms with Crippen LogP contribution in [0.15, 0.2) is 46.9 Å². The number of carbonyl (C=O) groups is 1. The normalized spacial score (nSPS) is 20.3. The zero-order valence-electron chi connectivity index (χ0n) is 15.0. The van der Waals surface area contributed by atoms with E-state index in [0.29, 0.717) is 5.92 Å². The number of fused-ring (bicyclic) bond motifs is 1. The smallest absolute Gasteiger partial charge is 0.251 e. The fourth-order valence-electron chi connectivity index (χ4n) is 3.94. The van der Waals surface area contributed by atoms with E-state index in [9.17, 15) is 4.79 Å². The molecule has 0 aliphatic heterocycles. The molecule has 2 aromatic carbocycles. The first kappa shape index (κ1) is 17.7. The van der Waals surface area contributed by atoms with Crippen molar-refractivity contribution in [3.63, 3.8) is 0 Å². The molecule has 0 aromatic heterocycles. The number of ether oxygens (including phenoxy) is 1. The average molecular weight is 414 g/mol. The maximum absolute atomic E-state index is 12.6. The first-order valence-corrected chi connectivity index (χ1v) is 10.1. The zero-order chi connectivity index (χ0) is 18.1. The van der Waals surface area contributed by atoms with Gasteiger partial charge in [0.1, 0.15) is 0 Å². The standard InChI is InChI=1S/C22H24BrNO2/c1-26-21(14-2-3-14)15-4-6-16(7-5-15)22(25)24-20-11-9-17-12-19(23)10-8-18(17)13-20/h4-8,10,12,14,20-21H,2-3,9,11,13H2,1H3,(H,24,25). The first-order chi connectivity index (χ1) is 12.6. The van der Waals surface area contributed by atoms with Gasteiger partial charge in [-0.05, 0) is 79.0 Å². The Morgan fingerprint density at radius 2 is 1.88 bits per heavy atom. The van der Waals surface area contributed by atoms with Crippen molar-refractivity contribution in [2.75, 3.05) is 7.11 Å². The monoisotopic (exact) mass is 413 g/mol. The van der Waals surface area contributed by atoms with E-state index in [1.807, 2.05) is 24.3 Å². The average Bonchev–Trinajstić information content (AvgIpc) is 3.48. The topological polar surface area (TPSA) is 38.3 Å². The minimum absolute atomic E-state index is 0.0162. The lowest BCUT2D eigenvalue weighted by molar-refractivity contribution is 0.0844. The predicted molar refractivity (Wildman–Crippen MR) is 106 cm³/mol. The third-order valence-corrected chi connectivity index (χ3v) is 6.03. The number of carbonyl (C=O) groups excluding carboxylic acids is 1. The largest absolute Gasteiger partial charge is 0.376 e. The second-order valence-electron chi connectivity index (χ2n) is 7.44. The third kappa shape index (κ3) is 3.86. The molecular weight excluding hydrogens is 390 g/mol. The van der Waals surface area contributed by atoms with Gasteiger partial charge in [0.2, 0.25) is 0 Å². The molecule has 3 nitrogen and oxygen atoms in total. The van der Waals surface area contributed by atoms with E-state index >= 15 is 0 Å². The Balaban J connectivity index is 1.39. The van der Waals surface area contributed by atoms with Crippen LogP contribution in [-0.4, -0.2) is 19.1 Å². The van der Waals surface area contributed by atoms with Crippen molar-refractivity contribution in [3.05, 3.63) is 69.2 Å². The summed E-state index contributed by atoms with van der Waals surface area (Å²) in [6.45, 7) is 0. The van der Waals surface area contributed by atoms with Crippen LogP contribution in [0.4, 0.5) is 0 Å². The van der Waals surface area contributed by atoms with Gasteiger partial charge in [-0.1, -0.05) is 34.1 Å². The van der Waals surface area contributed by atoms with Crippen molar-refractivity contribution in [2.45, 2.75) is 44.2 Å². The lowest BCUT2D eigenvalue weighted by Crippen LogP contribution is -2.38. The van der Waals surface area contributed by atoms with Crippen molar-refractivity contribution in [3.8, 4) is 0 Å². The molecule has 1 saturated carbocycles.